The number of hydrogen-bond donors (Lipinski definition) is 2. The summed E-state index contributed by atoms with van der Waals surface area (Å²) < 4.78 is 5.81. The van der Waals surface area contributed by atoms with Crippen LogP contribution in [0.1, 0.15) is 45.8 Å². The maximum atomic E-state index is 5.81. The fourth-order valence-electron chi connectivity index (χ4n) is 2.87. The predicted molar refractivity (Wildman–Crippen MR) is 122 cm³/mol. The molecule has 1 aromatic rings. The Labute approximate surface area is 181 Å². The number of guanidine groups is 1. The van der Waals surface area contributed by atoms with Crippen molar-refractivity contribution in [2.24, 2.45) is 4.99 Å². The Kier molecular flexibility index (Phi) is 10.6. The molecule has 8 heteroatoms. The first-order valence-corrected chi connectivity index (χ1v) is 9.76. The third-order valence-corrected chi connectivity index (χ3v) is 4.54. The van der Waals surface area contributed by atoms with E-state index >= 15 is 0 Å². The summed E-state index contributed by atoms with van der Waals surface area (Å²) in [6, 6.07) is 0. The highest BCUT2D eigenvalue weighted by Crippen LogP contribution is 2.22. The Bertz CT molecular complexity index is 569. The Morgan fingerprint density at radius 2 is 2.00 bits per heavy atom. The van der Waals surface area contributed by atoms with Crippen LogP contribution in [0.5, 0.6) is 0 Å². The molecule has 27 heavy (non-hydrogen) atoms. The second-order valence-electron chi connectivity index (χ2n) is 7.99. The Hall–Kier alpha value is -0.870. The zero-order valence-corrected chi connectivity index (χ0v) is 19.9. The van der Waals surface area contributed by atoms with Crippen molar-refractivity contribution in [1.82, 2.24) is 25.4 Å². The topological polar surface area (TPSA) is 68.9 Å². The number of aliphatic imine (C=N–C) groups is 1. The maximum Gasteiger partial charge on any atom is 0.216 e. The highest BCUT2D eigenvalue weighted by Gasteiger charge is 2.19. The van der Waals surface area contributed by atoms with E-state index in [9.17, 15) is 0 Å². The van der Waals surface area contributed by atoms with E-state index < -0.39 is 0 Å². The Morgan fingerprint density at radius 1 is 1.22 bits per heavy atom. The molecule has 1 aromatic heterocycles. The van der Waals surface area contributed by atoms with E-state index in [1.165, 1.54) is 19.5 Å². The van der Waals surface area contributed by atoms with E-state index in [2.05, 4.69) is 65.2 Å². The summed E-state index contributed by atoms with van der Waals surface area (Å²) >= 11 is 0. The molecule has 1 saturated heterocycles. The Balaban J connectivity index is 0.00000364. The van der Waals surface area contributed by atoms with Gasteiger partial charge in [0, 0.05) is 38.1 Å². The van der Waals surface area contributed by atoms with Crippen LogP contribution in [0.25, 0.3) is 0 Å². The van der Waals surface area contributed by atoms with Gasteiger partial charge in [-0.05, 0) is 33.5 Å². The molecule has 0 bridgehead atoms. The lowest BCUT2D eigenvalue weighted by atomic mass is 9.94. The second kappa shape index (κ2) is 11.9. The molecule has 0 radical (unpaired) electrons. The summed E-state index contributed by atoms with van der Waals surface area (Å²) in [5.74, 6) is 2.37. The van der Waals surface area contributed by atoms with Gasteiger partial charge in [-0.25, -0.2) is 9.98 Å². The molecular formula is C19H37IN6O. The van der Waals surface area contributed by atoms with Crippen LogP contribution in [0.3, 0.4) is 0 Å². The lowest BCUT2D eigenvalue weighted by Crippen LogP contribution is -2.42. The van der Waals surface area contributed by atoms with Crippen molar-refractivity contribution >= 4 is 29.9 Å². The zero-order chi connectivity index (χ0) is 19.0. The van der Waals surface area contributed by atoms with Crippen LogP contribution in [0, 0.1) is 0 Å². The van der Waals surface area contributed by atoms with Crippen LogP contribution in [0.2, 0.25) is 0 Å². The van der Waals surface area contributed by atoms with Gasteiger partial charge >= 0.3 is 0 Å². The van der Waals surface area contributed by atoms with Crippen LogP contribution >= 0.6 is 24.0 Å². The van der Waals surface area contributed by atoms with Gasteiger partial charge in [-0.3, -0.25) is 0 Å². The van der Waals surface area contributed by atoms with E-state index in [4.69, 9.17) is 4.42 Å². The van der Waals surface area contributed by atoms with Gasteiger partial charge in [0.05, 0.1) is 6.20 Å². The summed E-state index contributed by atoms with van der Waals surface area (Å²) in [6.07, 6.45) is 3.05. The average molecular weight is 492 g/mol. The molecule has 2 N–H and O–H groups in total. The van der Waals surface area contributed by atoms with Crippen LogP contribution in [-0.4, -0.2) is 73.6 Å². The first-order chi connectivity index (χ1) is 12.4. The molecule has 0 spiro atoms. The number of nitrogens with zero attached hydrogens (tertiary/aromatic N) is 4. The molecule has 2 heterocycles. The lowest BCUT2D eigenvalue weighted by molar-refractivity contribution is 0.280. The summed E-state index contributed by atoms with van der Waals surface area (Å²) in [7, 11) is 2.20. The fraction of sp³-hybridized carbons (Fsp3) is 0.789. The molecule has 1 aliphatic rings. The van der Waals surface area contributed by atoms with Crippen LogP contribution < -0.4 is 10.6 Å². The second-order valence-corrected chi connectivity index (χ2v) is 7.99. The van der Waals surface area contributed by atoms with E-state index in [1.54, 1.807) is 0 Å². The molecule has 1 aliphatic heterocycles. The van der Waals surface area contributed by atoms with Gasteiger partial charge < -0.3 is 24.9 Å². The third kappa shape index (κ3) is 8.78. The highest BCUT2D eigenvalue weighted by atomic mass is 127. The van der Waals surface area contributed by atoms with Gasteiger partial charge in [-0.1, -0.05) is 20.8 Å². The molecule has 0 amide bonds. The largest absolute Gasteiger partial charge is 0.443 e. The molecule has 156 valence electrons. The van der Waals surface area contributed by atoms with Gasteiger partial charge in [0.25, 0.3) is 0 Å². The van der Waals surface area contributed by atoms with Crippen LogP contribution in [-0.2, 0) is 12.0 Å². The van der Waals surface area contributed by atoms with Gasteiger partial charge in [-0.2, -0.15) is 0 Å². The van der Waals surface area contributed by atoms with Crippen molar-refractivity contribution in [2.45, 2.75) is 46.1 Å². The maximum absolute atomic E-state index is 5.81. The first-order valence-electron chi connectivity index (χ1n) is 9.76. The van der Waals surface area contributed by atoms with Crippen molar-refractivity contribution in [3.8, 4) is 0 Å². The van der Waals surface area contributed by atoms with E-state index in [0.29, 0.717) is 12.4 Å². The normalized spacial score (nSPS) is 17.3. The minimum Gasteiger partial charge on any atom is -0.443 e. The highest BCUT2D eigenvalue weighted by molar-refractivity contribution is 14.0. The minimum absolute atomic E-state index is 0. The number of likely N-dealkylation sites (N-methyl/N-ethyl adjacent to an activating group) is 1. The molecular weight excluding hydrogens is 455 g/mol. The van der Waals surface area contributed by atoms with E-state index in [1.807, 2.05) is 6.20 Å². The molecule has 0 aliphatic carbocycles. The molecule has 1 fully saturated rings. The van der Waals surface area contributed by atoms with Gasteiger partial charge in [0.2, 0.25) is 5.89 Å². The molecule has 0 unspecified atom stereocenters. The summed E-state index contributed by atoms with van der Waals surface area (Å²) in [6.45, 7) is 16.3. The molecule has 0 atom stereocenters. The van der Waals surface area contributed by atoms with Crippen molar-refractivity contribution in [1.29, 1.82) is 0 Å². The zero-order valence-electron chi connectivity index (χ0n) is 17.5. The summed E-state index contributed by atoms with van der Waals surface area (Å²) in [5.41, 5.74) is -0.0288. The van der Waals surface area contributed by atoms with Crippen molar-refractivity contribution in [3.05, 3.63) is 17.8 Å². The standard InChI is InChI=1S/C19H36N6O.HI/c1-6-20-18(21-8-11-25-10-7-9-24(5)12-13-25)23-15-17-22-14-16(26-17)19(2,3)4;/h14H,6-13,15H2,1-5H3,(H2,20,21,23);1H. The van der Waals surface area contributed by atoms with E-state index in [-0.39, 0.29) is 29.4 Å². The summed E-state index contributed by atoms with van der Waals surface area (Å²) in [5, 5.41) is 6.71. The first kappa shape index (κ1) is 24.2. The lowest BCUT2D eigenvalue weighted by Gasteiger charge is -2.21. The van der Waals surface area contributed by atoms with Crippen LogP contribution in [0.4, 0.5) is 0 Å². The van der Waals surface area contributed by atoms with Crippen molar-refractivity contribution in [2.75, 3.05) is 52.9 Å². The fourth-order valence-corrected chi connectivity index (χ4v) is 2.87. The number of halogens is 1. The molecule has 0 aromatic carbocycles. The van der Waals surface area contributed by atoms with Gasteiger partial charge in [0.1, 0.15) is 12.3 Å². The number of rotatable bonds is 6. The number of oxazole rings is 1. The SMILES string of the molecule is CCNC(=NCc1ncc(C(C)(C)C)o1)NCCN1CCCN(C)CC1.I. The van der Waals surface area contributed by atoms with Crippen molar-refractivity contribution < 1.29 is 4.42 Å². The summed E-state index contributed by atoms with van der Waals surface area (Å²) in [4.78, 5) is 13.9. The van der Waals surface area contributed by atoms with Gasteiger partial charge in [-0.15, -0.1) is 24.0 Å². The third-order valence-electron chi connectivity index (χ3n) is 4.54. The number of nitrogens with one attached hydrogen (secondary N) is 2. The van der Waals surface area contributed by atoms with Crippen LogP contribution in [0.15, 0.2) is 15.6 Å². The van der Waals surface area contributed by atoms with Gasteiger partial charge in [0.15, 0.2) is 5.96 Å². The minimum atomic E-state index is -0.0288. The quantitative estimate of drug-likeness (QED) is 0.361. The monoisotopic (exact) mass is 492 g/mol. The number of hydrogen-bond acceptors (Lipinski definition) is 5. The molecule has 7 nitrogen and oxygen atoms in total. The molecule has 0 saturated carbocycles. The molecule has 2 rings (SSSR count). The smallest absolute Gasteiger partial charge is 0.216 e. The predicted octanol–water partition coefficient (Wildman–Crippen LogP) is 2.28. The average Bonchev–Trinajstić information content (AvgIpc) is 2.97. The number of aromatic nitrogens is 1. The Morgan fingerprint density at radius 3 is 2.67 bits per heavy atom. The van der Waals surface area contributed by atoms with E-state index in [0.717, 1.165) is 44.4 Å². The van der Waals surface area contributed by atoms with Crippen molar-refractivity contribution in [3.63, 3.8) is 0 Å².